The van der Waals surface area contributed by atoms with Crippen molar-refractivity contribution in [2.24, 2.45) is 4.99 Å². The van der Waals surface area contributed by atoms with Crippen molar-refractivity contribution < 1.29 is 4.74 Å². The number of ether oxygens (including phenoxy) is 1. The lowest BCUT2D eigenvalue weighted by molar-refractivity contribution is 0.303. The molecule has 8 rings (SSSR count). The first-order chi connectivity index (χ1) is 22.4. The van der Waals surface area contributed by atoms with Gasteiger partial charge in [-0.05, 0) is 114 Å². The van der Waals surface area contributed by atoms with Gasteiger partial charge in [-0.25, -0.2) is 4.99 Å². The summed E-state index contributed by atoms with van der Waals surface area (Å²) >= 11 is 15.1. The Kier molecular flexibility index (Phi) is 7.81. The molecule has 0 fully saturated rings. The van der Waals surface area contributed by atoms with Crippen LogP contribution in [0.25, 0.3) is 22.5 Å². The van der Waals surface area contributed by atoms with Crippen molar-refractivity contribution in [3.05, 3.63) is 170 Å². The second-order valence-electron chi connectivity index (χ2n) is 11.4. The fourth-order valence-electron chi connectivity index (χ4n) is 6.49. The largest absolute Gasteiger partial charge is 0.487 e. The molecule has 2 heterocycles. The van der Waals surface area contributed by atoms with Crippen molar-refractivity contribution in [2.45, 2.75) is 25.5 Å². The van der Waals surface area contributed by atoms with Crippen molar-refractivity contribution >= 4 is 77.3 Å². The van der Waals surface area contributed by atoms with E-state index in [-0.39, 0.29) is 11.6 Å². The molecule has 4 nitrogen and oxygen atoms in total. The molecule has 0 spiro atoms. The van der Waals surface area contributed by atoms with Crippen LogP contribution < -0.4 is 19.6 Å². The predicted molar refractivity (Wildman–Crippen MR) is 194 cm³/mol. The fraction of sp³-hybridized carbons (Fsp3) is 0.105. The molecule has 0 bridgehead atoms. The van der Waals surface area contributed by atoms with Gasteiger partial charge in [-0.3, -0.25) is 9.36 Å². The smallest absolute Gasteiger partial charge is 0.271 e. The summed E-state index contributed by atoms with van der Waals surface area (Å²) in [6, 6.07) is 34.5. The Labute approximate surface area is 291 Å². The molecular weight excluding hydrogens is 744 g/mol. The average molecular weight is 769 g/mol. The zero-order valence-electron chi connectivity index (χ0n) is 24.3. The molecule has 0 radical (unpaired) electrons. The van der Waals surface area contributed by atoms with Crippen LogP contribution in [0.4, 0.5) is 0 Å². The van der Waals surface area contributed by atoms with Gasteiger partial charge in [0.1, 0.15) is 12.4 Å². The third-order valence-electron chi connectivity index (χ3n) is 8.63. The van der Waals surface area contributed by atoms with Gasteiger partial charge in [0.05, 0.1) is 25.2 Å². The van der Waals surface area contributed by atoms with E-state index in [0.717, 1.165) is 55.3 Å². The van der Waals surface area contributed by atoms with Crippen LogP contribution in [0.1, 0.15) is 40.3 Å². The number of halogens is 3. The van der Waals surface area contributed by atoms with E-state index in [1.807, 2.05) is 59.2 Å². The highest BCUT2D eigenvalue weighted by Gasteiger charge is 2.32. The Bertz CT molecular complexity index is 2370. The zero-order chi connectivity index (χ0) is 31.4. The molecule has 0 amide bonds. The molecule has 2 aliphatic rings. The Hall–Kier alpha value is -3.75. The molecule has 1 unspecified atom stereocenters. The third kappa shape index (κ3) is 5.29. The van der Waals surface area contributed by atoms with E-state index in [1.165, 1.54) is 27.7 Å². The summed E-state index contributed by atoms with van der Waals surface area (Å²) in [7, 11) is 0. The molecule has 1 aliphatic carbocycles. The highest BCUT2D eigenvalue weighted by Crippen LogP contribution is 2.41. The van der Waals surface area contributed by atoms with Gasteiger partial charge in [0.25, 0.3) is 5.56 Å². The molecule has 0 saturated heterocycles. The van der Waals surface area contributed by atoms with Crippen LogP contribution in [0, 0.1) is 0 Å². The van der Waals surface area contributed by atoms with E-state index in [0.29, 0.717) is 26.7 Å². The van der Waals surface area contributed by atoms with E-state index in [4.69, 9.17) is 21.3 Å². The molecule has 46 heavy (non-hydrogen) atoms. The van der Waals surface area contributed by atoms with E-state index in [9.17, 15) is 4.79 Å². The van der Waals surface area contributed by atoms with Crippen molar-refractivity contribution in [1.82, 2.24) is 4.57 Å². The number of rotatable bonds is 5. The lowest BCUT2D eigenvalue weighted by Crippen LogP contribution is -2.38. The summed E-state index contributed by atoms with van der Waals surface area (Å²) in [5.74, 6) is 0.709. The number of thiazole rings is 1. The minimum absolute atomic E-state index is 0.0577. The molecule has 5 aromatic carbocycles. The van der Waals surface area contributed by atoms with Gasteiger partial charge in [0.2, 0.25) is 0 Å². The number of nitrogens with zero attached hydrogens (tertiary/aromatic N) is 2. The van der Waals surface area contributed by atoms with Crippen LogP contribution in [-0.4, -0.2) is 4.57 Å². The number of aryl methyl sites for hydroxylation is 1. The SMILES string of the molecule is O=c1c(=Cc2cc(Br)c(OCc3cccc4ccccc34)c(Br)c2)sc2n1C(c1ccc(Cl)cc1)C1=C(N=2)c2ccccc2CC1. The number of hydrogen-bond acceptors (Lipinski definition) is 4. The normalized spacial score (nSPS) is 15.7. The van der Waals surface area contributed by atoms with Crippen molar-refractivity contribution in [1.29, 1.82) is 0 Å². The summed E-state index contributed by atoms with van der Waals surface area (Å²) in [5, 5.41) is 3.02. The molecule has 1 atom stereocenters. The molecule has 1 aromatic heterocycles. The minimum atomic E-state index is -0.248. The van der Waals surface area contributed by atoms with Crippen LogP contribution in [0.2, 0.25) is 5.02 Å². The van der Waals surface area contributed by atoms with Crippen molar-refractivity contribution in [3.8, 4) is 5.75 Å². The van der Waals surface area contributed by atoms with E-state index in [2.05, 4.69) is 86.5 Å². The molecule has 6 aromatic rings. The van der Waals surface area contributed by atoms with Gasteiger partial charge in [0.15, 0.2) is 4.80 Å². The topological polar surface area (TPSA) is 43.6 Å². The quantitative estimate of drug-likeness (QED) is 0.176. The van der Waals surface area contributed by atoms with Gasteiger partial charge in [0, 0.05) is 10.6 Å². The Morgan fingerprint density at radius 3 is 2.48 bits per heavy atom. The zero-order valence-corrected chi connectivity index (χ0v) is 29.1. The van der Waals surface area contributed by atoms with Gasteiger partial charge in [-0.1, -0.05) is 102 Å². The molecule has 0 saturated carbocycles. The monoisotopic (exact) mass is 766 g/mol. The lowest BCUT2D eigenvalue weighted by Gasteiger charge is -2.30. The van der Waals surface area contributed by atoms with E-state index < -0.39 is 0 Å². The number of fused-ring (bicyclic) bond motifs is 4. The number of benzene rings is 5. The third-order valence-corrected chi connectivity index (χ3v) is 11.0. The maximum Gasteiger partial charge on any atom is 0.271 e. The van der Waals surface area contributed by atoms with Crippen LogP contribution in [-0.2, 0) is 13.0 Å². The molecular formula is C38H25Br2ClN2O2S. The van der Waals surface area contributed by atoms with Gasteiger partial charge in [-0.15, -0.1) is 0 Å². The van der Waals surface area contributed by atoms with Crippen LogP contribution in [0.5, 0.6) is 5.75 Å². The first-order valence-corrected chi connectivity index (χ1v) is 17.7. The highest BCUT2D eigenvalue weighted by molar-refractivity contribution is 9.11. The van der Waals surface area contributed by atoms with E-state index >= 15 is 0 Å². The van der Waals surface area contributed by atoms with Crippen molar-refractivity contribution in [3.63, 3.8) is 0 Å². The Balaban J connectivity index is 1.19. The van der Waals surface area contributed by atoms with Gasteiger partial charge >= 0.3 is 0 Å². The fourth-order valence-corrected chi connectivity index (χ4v) is 9.07. The maximum atomic E-state index is 14.2. The van der Waals surface area contributed by atoms with E-state index in [1.54, 1.807) is 0 Å². The minimum Gasteiger partial charge on any atom is -0.487 e. The lowest BCUT2D eigenvalue weighted by atomic mass is 9.83. The first kappa shape index (κ1) is 29.6. The first-order valence-electron chi connectivity index (χ1n) is 14.9. The summed E-state index contributed by atoms with van der Waals surface area (Å²) in [6.07, 6.45) is 3.69. The molecule has 226 valence electrons. The second kappa shape index (κ2) is 12.1. The van der Waals surface area contributed by atoms with Gasteiger partial charge in [-0.2, -0.15) is 0 Å². The summed E-state index contributed by atoms with van der Waals surface area (Å²) in [5.41, 5.74) is 7.53. The summed E-state index contributed by atoms with van der Waals surface area (Å²) in [4.78, 5) is 20.0. The van der Waals surface area contributed by atoms with Gasteiger partial charge < -0.3 is 4.74 Å². The van der Waals surface area contributed by atoms with Crippen LogP contribution >= 0.6 is 54.8 Å². The standard InChI is InChI=1S/C38H25Br2ClN2O2S/c39-31-18-22(19-32(40)36(31)45-21-26-9-5-8-23-6-1-3-10-28(23)26)20-33-37(44)43-35(25-12-15-27(41)16-13-25)30-17-14-24-7-2-4-11-29(24)34(30)42-38(43)46-33/h1-13,15-16,18-20,35H,14,17,21H2. The number of hydrogen-bond donors (Lipinski definition) is 0. The predicted octanol–water partition coefficient (Wildman–Crippen LogP) is 9.23. The molecule has 1 aliphatic heterocycles. The molecule has 0 N–H and O–H groups in total. The number of aromatic nitrogens is 1. The summed E-state index contributed by atoms with van der Waals surface area (Å²) < 4.78 is 10.4. The summed E-state index contributed by atoms with van der Waals surface area (Å²) in [6.45, 7) is 0.426. The van der Waals surface area contributed by atoms with Crippen molar-refractivity contribution in [2.75, 3.05) is 0 Å². The molecule has 8 heteroatoms. The second-order valence-corrected chi connectivity index (χ2v) is 14.6. The van der Waals surface area contributed by atoms with Crippen LogP contribution in [0.3, 0.4) is 0 Å². The average Bonchev–Trinajstić information content (AvgIpc) is 3.37. The number of allylic oxidation sites excluding steroid dienone is 1. The van der Waals surface area contributed by atoms with Crippen LogP contribution in [0.15, 0.2) is 127 Å². The maximum absolute atomic E-state index is 14.2. The Morgan fingerprint density at radius 1 is 0.913 bits per heavy atom. The highest BCUT2D eigenvalue weighted by atomic mass is 79.9. The Morgan fingerprint density at radius 2 is 1.65 bits per heavy atom.